The van der Waals surface area contributed by atoms with E-state index in [0.29, 0.717) is 21.2 Å². The largest absolute Gasteiger partial charge is 0.455 e. The molecule has 0 unspecified atom stereocenters. The molecule has 2 aromatic rings. The normalized spacial score (nSPS) is 10.2. The molecule has 8 heteroatoms. The maximum absolute atomic E-state index is 12.0. The smallest absolute Gasteiger partial charge is 0.310 e. The number of para-hydroxylation sites is 1. The fraction of sp³-hybridized carbons (Fsp3) is 0.167. The number of hydrogen-bond donors (Lipinski definition) is 2. The molecule has 2 amide bonds. The number of nitrogens with two attached hydrogens (primary N) is 1. The number of carbonyl (C=O) groups excluding carboxylic acids is 3. The Morgan fingerprint density at radius 1 is 1.08 bits per heavy atom. The number of hydrogen-bond acceptors (Lipinski definition) is 5. The zero-order chi connectivity index (χ0) is 18.9. The summed E-state index contributed by atoms with van der Waals surface area (Å²) in [6.07, 6.45) is -0.0159. The first-order valence-corrected chi connectivity index (χ1v) is 9.01. The van der Waals surface area contributed by atoms with Gasteiger partial charge in [-0.05, 0) is 23.8 Å². The topological polar surface area (TPSA) is 98.5 Å². The third-order valence-electron chi connectivity index (χ3n) is 3.19. The van der Waals surface area contributed by atoms with E-state index in [1.807, 2.05) is 0 Å². The first kappa shape index (κ1) is 19.8. The molecule has 0 saturated carbocycles. The second-order valence-corrected chi connectivity index (χ2v) is 6.65. The standard InChI is InChI=1S/C18H17ClN2O4S/c19-13-6-2-1-5-12(13)9-18(24)25-10-17(23)21-14-7-3-4-8-15(14)26-11-16(20)22/h1-8H,9-11H2,(H2,20,22)(H,21,23). The number of halogens is 1. The highest BCUT2D eigenvalue weighted by molar-refractivity contribution is 8.00. The highest BCUT2D eigenvalue weighted by Gasteiger charge is 2.12. The lowest BCUT2D eigenvalue weighted by atomic mass is 10.1. The van der Waals surface area contributed by atoms with Crippen LogP contribution in [-0.4, -0.2) is 30.1 Å². The van der Waals surface area contributed by atoms with Gasteiger partial charge >= 0.3 is 5.97 Å². The highest BCUT2D eigenvalue weighted by atomic mass is 35.5. The number of nitrogens with one attached hydrogen (secondary N) is 1. The van der Waals surface area contributed by atoms with E-state index in [2.05, 4.69) is 5.32 Å². The van der Waals surface area contributed by atoms with Crippen molar-refractivity contribution in [1.29, 1.82) is 0 Å². The van der Waals surface area contributed by atoms with Crippen molar-refractivity contribution in [2.45, 2.75) is 11.3 Å². The van der Waals surface area contributed by atoms with Crippen LogP contribution in [0.4, 0.5) is 5.69 Å². The van der Waals surface area contributed by atoms with E-state index in [1.54, 1.807) is 48.5 Å². The van der Waals surface area contributed by atoms with E-state index in [9.17, 15) is 14.4 Å². The van der Waals surface area contributed by atoms with Gasteiger partial charge in [-0.3, -0.25) is 14.4 Å². The molecular weight excluding hydrogens is 376 g/mol. The molecule has 6 nitrogen and oxygen atoms in total. The molecule has 0 bridgehead atoms. The van der Waals surface area contributed by atoms with Gasteiger partial charge in [-0.25, -0.2) is 0 Å². The molecule has 0 atom stereocenters. The molecule has 26 heavy (non-hydrogen) atoms. The van der Waals surface area contributed by atoms with E-state index in [-0.39, 0.29) is 12.2 Å². The summed E-state index contributed by atoms with van der Waals surface area (Å²) in [5.74, 6) is -1.39. The van der Waals surface area contributed by atoms with Crippen molar-refractivity contribution >= 4 is 46.8 Å². The molecule has 136 valence electrons. The number of amides is 2. The minimum atomic E-state index is -0.551. The Kier molecular flexibility index (Phi) is 7.50. The van der Waals surface area contributed by atoms with Crippen molar-refractivity contribution in [3.05, 3.63) is 59.1 Å². The summed E-state index contributed by atoms with van der Waals surface area (Å²) in [6.45, 7) is -0.419. The molecule has 0 saturated heterocycles. The first-order valence-electron chi connectivity index (χ1n) is 7.64. The van der Waals surface area contributed by atoms with E-state index in [0.717, 1.165) is 0 Å². The predicted octanol–water partition coefficient (Wildman–Crippen LogP) is 2.64. The van der Waals surface area contributed by atoms with Crippen molar-refractivity contribution < 1.29 is 19.1 Å². The zero-order valence-corrected chi connectivity index (χ0v) is 15.3. The summed E-state index contributed by atoms with van der Waals surface area (Å²) in [5, 5.41) is 3.12. The van der Waals surface area contributed by atoms with Crippen molar-refractivity contribution in [1.82, 2.24) is 0 Å². The summed E-state index contributed by atoms with van der Waals surface area (Å²) in [6, 6.07) is 13.9. The van der Waals surface area contributed by atoms with Gasteiger partial charge in [0.15, 0.2) is 6.61 Å². The number of rotatable bonds is 8. The molecule has 2 rings (SSSR count). The average molecular weight is 393 g/mol. The van der Waals surface area contributed by atoms with Gasteiger partial charge in [0.25, 0.3) is 5.91 Å². The van der Waals surface area contributed by atoms with Crippen LogP contribution < -0.4 is 11.1 Å². The fourth-order valence-electron chi connectivity index (χ4n) is 2.03. The molecule has 3 N–H and O–H groups in total. The van der Waals surface area contributed by atoms with Crippen LogP contribution in [0, 0.1) is 0 Å². The second kappa shape index (κ2) is 9.84. The van der Waals surface area contributed by atoms with E-state index in [4.69, 9.17) is 22.1 Å². The van der Waals surface area contributed by atoms with Gasteiger partial charge in [-0.15, -0.1) is 11.8 Å². The second-order valence-electron chi connectivity index (χ2n) is 5.23. The van der Waals surface area contributed by atoms with Gasteiger partial charge < -0.3 is 15.8 Å². The Balaban J connectivity index is 1.86. The maximum atomic E-state index is 12.0. The minimum Gasteiger partial charge on any atom is -0.455 e. The maximum Gasteiger partial charge on any atom is 0.310 e. The number of anilines is 1. The van der Waals surface area contributed by atoms with Crippen LogP contribution in [0.2, 0.25) is 5.02 Å². The first-order chi connectivity index (χ1) is 12.5. The lowest BCUT2D eigenvalue weighted by Crippen LogP contribution is -2.22. The van der Waals surface area contributed by atoms with Crippen LogP contribution in [0.15, 0.2) is 53.4 Å². The Labute approximate surface area is 160 Å². The van der Waals surface area contributed by atoms with Crippen LogP contribution in [0.5, 0.6) is 0 Å². The summed E-state index contributed by atoms with van der Waals surface area (Å²) < 4.78 is 4.98. The van der Waals surface area contributed by atoms with Crippen LogP contribution in [0.1, 0.15) is 5.56 Å². The SMILES string of the molecule is NC(=O)CSc1ccccc1NC(=O)COC(=O)Cc1ccccc1Cl. The third kappa shape index (κ3) is 6.42. The molecule has 2 aromatic carbocycles. The summed E-state index contributed by atoms with van der Waals surface area (Å²) in [5.41, 5.74) is 6.28. The zero-order valence-electron chi connectivity index (χ0n) is 13.7. The Bertz CT molecular complexity index is 813. The molecule has 0 fully saturated rings. The number of primary amides is 1. The van der Waals surface area contributed by atoms with Gasteiger partial charge in [0, 0.05) is 9.92 Å². The van der Waals surface area contributed by atoms with Crippen molar-refractivity contribution in [2.24, 2.45) is 5.73 Å². The Hall–Kier alpha value is -2.51. The van der Waals surface area contributed by atoms with Gasteiger partial charge in [0.2, 0.25) is 5.91 Å². The lowest BCUT2D eigenvalue weighted by Gasteiger charge is -2.10. The van der Waals surface area contributed by atoms with Crippen LogP contribution in [-0.2, 0) is 25.5 Å². The minimum absolute atomic E-state index is 0.0159. The van der Waals surface area contributed by atoms with Crippen molar-refractivity contribution in [2.75, 3.05) is 17.7 Å². The molecule has 0 heterocycles. The summed E-state index contributed by atoms with van der Waals surface area (Å²) in [4.78, 5) is 35.5. The monoisotopic (exact) mass is 392 g/mol. The van der Waals surface area contributed by atoms with Gasteiger partial charge in [-0.1, -0.05) is 41.9 Å². The van der Waals surface area contributed by atoms with Crippen LogP contribution in [0.25, 0.3) is 0 Å². The molecule has 0 spiro atoms. The lowest BCUT2D eigenvalue weighted by molar-refractivity contribution is -0.146. The average Bonchev–Trinajstić information content (AvgIpc) is 2.61. The van der Waals surface area contributed by atoms with Crippen molar-refractivity contribution in [3.63, 3.8) is 0 Å². The molecule has 0 aliphatic rings. The van der Waals surface area contributed by atoms with E-state index < -0.39 is 24.4 Å². The molecule has 0 aliphatic carbocycles. The van der Waals surface area contributed by atoms with Gasteiger partial charge in [0.1, 0.15) is 0 Å². The van der Waals surface area contributed by atoms with Crippen LogP contribution >= 0.6 is 23.4 Å². The molecular formula is C18H17ClN2O4S. The van der Waals surface area contributed by atoms with Gasteiger partial charge in [0.05, 0.1) is 17.9 Å². The number of esters is 1. The highest BCUT2D eigenvalue weighted by Crippen LogP contribution is 2.26. The predicted molar refractivity (Wildman–Crippen MR) is 101 cm³/mol. The van der Waals surface area contributed by atoms with E-state index in [1.165, 1.54) is 11.8 Å². The third-order valence-corrected chi connectivity index (χ3v) is 4.65. The molecule has 0 aliphatic heterocycles. The molecule has 0 radical (unpaired) electrons. The van der Waals surface area contributed by atoms with Crippen LogP contribution in [0.3, 0.4) is 0 Å². The number of ether oxygens (including phenoxy) is 1. The fourth-order valence-corrected chi connectivity index (χ4v) is 2.97. The molecule has 0 aromatic heterocycles. The summed E-state index contributed by atoms with van der Waals surface area (Å²) >= 11 is 7.20. The Morgan fingerprint density at radius 2 is 1.77 bits per heavy atom. The Morgan fingerprint density at radius 3 is 2.50 bits per heavy atom. The number of thioether (sulfide) groups is 1. The number of benzene rings is 2. The van der Waals surface area contributed by atoms with Crippen molar-refractivity contribution in [3.8, 4) is 0 Å². The number of carbonyl (C=O) groups is 3. The van der Waals surface area contributed by atoms with E-state index >= 15 is 0 Å². The van der Waals surface area contributed by atoms with Gasteiger partial charge in [-0.2, -0.15) is 0 Å². The summed E-state index contributed by atoms with van der Waals surface area (Å²) in [7, 11) is 0. The quantitative estimate of drug-likeness (QED) is 0.531.